The topological polar surface area (TPSA) is 89.9 Å². The number of halogens is 2. The number of rotatable bonds is 3. The van der Waals surface area contributed by atoms with Gasteiger partial charge in [-0.2, -0.15) is 0 Å². The Balaban J connectivity index is 1.77. The van der Waals surface area contributed by atoms with Crippen molar-refractivity contribution in [2.24, 2.45) is 0 Å². The highest BCUT2D eigenvalue weighted by molar-refractivity contribution is 7.21. The maximum absolute atomic E-state index is 13.9. The molecule has 31 heavy (non-hydrogen) atoms. The van der Waals surface area contributed by atoms with Gasteiger partial charge in [0, 0.05) is 22.5 Å². The van der Waals surface area contributed by atoms with Gasteiger partial charge in [-0.25, -0.2) is 18.7 Å². The first-order chi connectivity index (χ1) is 15.0. The van der Waals surface area contributed by atoms with E-state index in [0.717, 1.165) is 27.4 Å². The molecule has 3 aromatic heterocycles. The zero-order chi connectivity index (χ0) is 21.7. The minimum absolute atomic E-state index is 0.00797. The average Bonchev–Trinajstić information content (AvgIpc) is 3.18. The highest BCUT2D eigenvalue weighted by Gasteiger charge is 2.19. The molecule has 0 saturated heterocycles. The molecule has 7 nitrogen and oxygen atoms in total. The molecule has 0 radical (unpaired) electrons. The fraction of sp³-hybridized carbons (Fsp3) is 0.0476. The number of ether oxygens (including phenoxy) is 1. The summed E-state index contributed by atoms with van der Waals surface area (Å²) in [5.41, 5.74) is -0.303. The minimum Gasteiger partial charge on any atom is -0.494 e. The second-order valence-electron chi connectivity index (χ2n) is 6.61. The van der Waals surface area contributed by atoms with E-state index in [-0.39, 0.29) is 21.1 Å². The van der Waals surface area contributed by atoms with Gasteiger partial charge in [-0.15, -0.1) is 11.3 Å². The second-order valence-corrected chi connectivity index (χ2v) is 8.02. The van der Waals surface area contributed by atoms with Crippen LogP contribution in [0.2, 0.25) is 5.02 Å². The third kappa shape index (κ3) is 3.09. The largest absolute Gasteiger partial charge is 0.494 e. The summed E-state index contributed by atoms with van der Waals surface area (Å²) in [5, 5.41) is 1.96. The zero-order valence-electron chi connectivity index (χ0n) is 15.8. The van der Waals surface area contributed by atoms with Gasteiger partial charge in [0.25, 0.3) is 5.56 Å². The van der Waals surface area contributed by atoms with E-state index in [1.807, 2.05) is 24.3 Å². The van der Waals surface area contributed by atoms with E-state index in [0.29, 0.717) is 21.6 Å². The number of methoxy groups -OCH3 is 1. The van der Waals surface area contributed by atoms with E-state index in [4.69, 9.17) is 16.3 Å². The number of hydrogen-bond donors (Lipinski definition) is 1. The number of benzene rings is 2. The van der Waals surface area contributed by atoms with Crippen molar-refractivity contribution in [1.82, 2.24) is 19.5 Å². The van der Waals surface area contributed by atoms with Gasteiger partial charge in [0.15, 0.2) is 17.2 Å². The highest BCUT2D eigenvalue weighted by atomic mass is 35.5. The van der Waals surface area contributed by atoms with Gasteiger partial charge >= 0.3 is 5.69 Å². The molecule has 0 unspecified atom stereocenters. The van der Waals surface area contributed by atoms with E-state index in [1.165, 1.54) is 19.4 Å². The van der Waals surface area contributed by atoms with Crippen LogP contribution in [0.5, 0.6) is 5.75 Å². The molecule has 0 aliphatic rings. The number of pyridine rings is 1. The molecule has 3 heterocycles. The van der Waals surface area contributed by atoms with Crippen LogP contribution in [0.25, 0.3) is 37.4 Å². The summed E-state index contributed by atoms with van der Waals surface area (Å²) in [6.07, 6.45) is 3.12. The Morgan fingerprint density at radius 1 is 1.19 bits per heavy atom. The molecule has 0 saturated carbocycles. The van der Waals surface area contributed by atoms with Gasteiger partial charge in [0.1, 0.15) is 9.71 Å². The summed E-state index contributed by atoms with van der Waals surface area (Å²) >= 11 is 7.23. The third-order valence-electron chi connectivity index (χ3n) is 4.81. The lowest BCUT2D eigenvalue weighted by atomic mass is 10.1. The van der Waals surface area contributed by atoms with Crippen molar-refractivity contribution in [3.8, 4) is 22.0 Å². The number of thiazole rings is 1. The van der Waals surface area contributed by atoms with E-state index < -0.39 is 17.1 Å². The molecular weight excluding hydrogens is 443 g/mol. The minimum atomic E-state index is -0.643. The molecule has 5 aromatic rings. The monoisotopic (exact) mass is 454 g/mol. The lowest BCUT2D eigenvalue weighted by Gasteiger charge is -2.07. The first-order valence-corrected chi connectivity index (χ1v) is 10.2. The van der Waals surface area contributed by atoms with Crippen molar-refractivity contribution < 1.29 is 9.13 Å². The van der Waals surface area contributed by atoms with Crippen LogP contribution in [0, 0.1) is 5.82 Å². The lowest BCUT2D eigenvalue weighted by molar-refractivity contribution is 0.387. The van der Waals surface area contributed by atoms with Crippen LogP contribution in [0.1, 0.15) is 0 Å². The number of nitrogens with one attached hydrogen (secondary N) is 1. The van der Waals surface area contributed by atoms with Crippen LogP contribution in [0.15, 0.2) is 58.4 Å². The van der Waals surface area contributed by atoms with Gasteiger partial charge in [-0.05, 0) is 12.1 Å². The molecule has 10 heteroatoms. The maximum Gasteiger partial charge on any atom is 0.334 e. The summed E-state index contributed by atoms with van der Waals surface area (Å²) in [4.78, 5) is 37.2. The van der Waals surface area contributed by atoms with Crippen molar-refractivity contribution in [2.75, 3.05) is 7.11 Å². The van der Waals surface area contributed by atoms with Crippen LogP contribution < -0.4 is 16.0 Å². The van der Waals surface area contributed by atoms with Gasteiger partial charge in [0.2, 0.25) is 0 Å². The summed E-state index contributed by atoms with van der Waals surface area (Å²) < 4.78 is 20.2. The Labute approximate surface area is 182 Å². The predicted octanol–water partition coefficient (Wildman–Crippen LogP) is 4.15. The van der Waals surface area contributed by atoms with Crippen molar-refractivity contribution in [3.05, 3.63) is 80.5 Å². The Hall–Kier alpha value is -3.56. The van der Waals surface area contributed by atoms with E-state index >= 15 is 0 Å². The van der Waals surface area contributed by atoms with E-state index in [1.54, 1.807) is 6.20 Å². The predicted molar refractivity (Wildman–Crippen MR) is 118 cm³/mol. The zero-order valence-corrected chi connectivity index (χ0v) is 17.4. The fourth-order valence-corrected chi connectivity index (χ4v) is 4.64. The normalized spacial score (nSPS) is 11.3. The maximum atomic E-state index is 13.9. The molecule has 0 spiro atoms. The number of hydrogen-bond acceptors (Lipinski definition) is 6. The SMILES string of the molecule is COc1cc(-c2nc3[nH]c(=O)n(-c4cncc5ccccc45)c(=O)c3s2)c(Cl)cc1F. The first-order valence-electron chi connectivity index (χ1n) is 9.00. The van der Waals surface area contributed by atoms with Crippen LogP contribution in [0.3, 0.4) is 0 Å². The standard InChI is InChI=1S/C21H12ClFN4O3S/c1-30-16-6-12(13(22)7-14(16)23)19-25-18-17(31-19)20(28)27(21(29)26-18)15-9-24-8-10-4-2-3-5-11(10)15/h2-9H,1H3,(H,26,29). The fourth-order valence-electron chi connectivity index (χ4n) is 3.36. The van der Waals surface area contributed by atoms with Crippen molar-refractivity contribution in [3.63, 3.8) is 0 Å². The molecule has 0 aliphatic heterocycles. The molecule has 0 bridgehead atoms. The molecule has 154 valence electrons. The number of aromatic nitrogens is 4. The molecular formula is C21H12ClFN4O3S. The summed E-state index contributed by atoms with van der Waals surface area (Å²) in [7, 11) is 1.34. The third-order valence-corrected chi connectivity index (χ3v) is 6.20. The number of fused-ring (bicyclic) bond motifs is 2. The molecule has 5 rings (SSSR count). The van der Waals surface area contributed by atoms with E-state index in [9.17, 15) is 14.0 Å². The molecule has 0 fully saturated rings. The van der Waals surface area contributed by atoms with Crippen molar-refractivity contribution >= 4 is 44.1 Å². The summed E-state index contributed by atoms with van der Waals surface area (Å²) in [6, 6.07) is 9.84. The van der Waals surface area contributed by atoms with Crippen LogP contribution >= 0.6 is 22.9 Å². The number of aromatic amines is 1. The first kappa shape index (κ1) is 19.4. The van der Waals surface area contributed by atoms with E-state index in [2.05, 4.69) is 15.0 Å². The highest BCUT2D eigenvalue weighted by Crippen LogP contribution is 2.36. The van der Waals surface area contributed by atoms with Crippen LogP contribution in [-0.2, 0) is 0 Å². The van der Waals surface area contributed by atoms with Gasteiger partial charge in [-0.1, -0.05) is 35.9 Å². The Kier molecular flexibility index (Phi) is 4.57. The van der Waals surface area contributed by atoms with Gasteiger partial charge in [0.05, 0.1) is 24.0 Å². The quantitative estimate of drug-likeness (QED) is 0.442. The van der Waals surface area contributed by atoms with Gasteiger partial charge < -0.3 is 4.74 Å². The lowest BCUT2D eigenvalue weighted by Crippen LogP contribution is -2.33. The number of H-pyrrole nitrogens is 1. The molecule has 0 atom stereocenters. The summed E-state index contributed by atoms with van der Waals surface area (Å²) in [5.74, 6) is -0.622. The van der Waals surface area contributed by atoms with Crippen molar-refractivity contribution in [2.45, 2.75) is 0 Å². The van der Waals surface area contributed by atoms with Crippen LogP contribution in [0.4, 0.5) is 4.39 Å². The van der Waals surface area contributed by atoms with Crippen molar-refractivity contribution in [1.29, 1.82) is 0 Å². The molecule has 0 aliphatic carbocycles. The Morgan fingerprint density at radius 3 is 2.81 bits per heavy atom. The Morgan fingerprint density at radius 2 is 2.00 bits per heavy atom. The second kappa shape index (κ2) is 7.29. The average molecular weight is 455 g/mol. The number of nitrogens with zero attached hydrogens (tertiary/aromatic N) is 3. The van der Waals surface area contributed by atoms with Crippen LogP contribution in [-0.4, -0.2) is 26.6 Å². The molecule has 1 N–H and O–H groups in total. The smallest absolute Gasteiger partial charge is 0.334 e. The molecule has 2 aromatic carbocycles. The summed E-state index contributed by atoms with van der Waals surface area (Å²) in [6.45, 7) is 0. The molecule has 0 amide bonds. The van der Waals surface area contributed by atoms with Gasteiger partial charge in [-0.3, -0.25) is 14.8 Å². The Bertz CT molecular complexity index is 1600.